The molecule has 158 valence electrons. The maximum Gasteiger partial charge on any atom is 0.234 e. The lowest BCUT2D eigenvalue weighted by Crippen LogP contribution is -2.15. The Labute approximate surface area is 184 Å². The van der Waals surface area contributed by atoms with Crippen molar-refractivity contribution in [2.45, 2.75) is 32.9 Å². The summed E-state index contributed by atoms with van der Waals surface area (Å²) in [6, 6.07) is 12.0. The summed E-state index contributed by atoms with van der Waals surface area (Å²) in [5.41, 5.74) is 5.95. The van der Waals surface area contributed by atoms with Gasteiger partial charge in [0, 0.05) is 23.8 Å². The number of nitrogens with zero attached hydrogens (tertiary/aromatic N) is 6. The summed E-state index contributed by atoms with van der Waals surface area (Å²) in [5, 5.41) is 15.4. The summed E-state index contributed by atoms with van der Waals surface area (Å²) in [6.07, 6.45) is 3.66. The molecule has 0 fully saturated rings. The van der Waals surface area contributed by atoms with Gasteiger partial charge < -0.3 is 5.32 Å². The first-order valence-electron chi connectivity index (χ1n) is 9.81. The van der Waals surface area contributed by atoms with E-state index in [-0.39, 0.29) is 11.7 Å². The maximum atomic E-state index is 12.6. The molecule has 8 nitrogen and oxygen atoms in total. The number of aromatic nitrogens is 6. The molecule has 4 aromatic rings. The Morgan fingerprint density at radius 1 is 1.06 bits per heavy atom. The van der Waals surface area contributed by atoms with Gasteiger partial charge in [0.2, 0.25) is 5.91 Å². The zero-order chi connectivity index (χ0) is 22.0. The molecule has 0 aliphatic carbocycles. The first kappa shape index (κ1) is 20.8. The molecule has 0 unspecified atom stereocenters. The first-order chi connectivity index (χ1) is 14.9. The van der Waals surface area contributed by atoms with Crippen LogP contribution in [-0.4, -0.2) is 41.4 Å². The van der Waals surface area contributed by atoms with Crippen molar-refractivity contribution in [3.05, 3.63) is 71.3 Å². The SMILES string of the molecule is Cc1cc(C)cc(-n2ccnc2SCC(=O)Nc2ccc(C)c(-n3nnnc3C)c2)c1. The van der Waals surface area contributed by atoms with Crippen LogP contribution in [0.1, 0.15) is 22.5 Å². The fourth-order valence-corrected chi connectivity index (χ4v) is 4.15. The first-order valence-corrected chi connectivity index (χ1v) is 10.8. The monoisotopic (exact) mass is 433 g/mol. The van der Waals surface area contributed by atoms with E-state index in [4.69, 9.17) is 0 Å². The summed E-state index contributed by atoms with van der Waals surface area (Å²) in [6.45, 7) is 7.95. The summed E-state index contributed by atoms with van der Waals surface area (Å²) in [7, 11) is 0. The highest BCUT2D eigenvalue weighted by molar-refractivity contribution is 7.99. The molecule has 0 aliphatic rings. The number of hydrogen-bond acceptors (Lipinski definition) is 6. The molecule has 4 rings (SSSR count). The topological polar surface area (TPSA) is 90.5 Å². The van der Waals surface area contributed by atoms with Crippen LogP contribution in [0.2, 0.25) is 0 Å². The fraction of sp³-hybridized carbons (Fsp3) is 0.227. The molecule has 0 saturated heterocycles. The summed E-state index contributed by atoms with van der Waals surface area (Å²) in [4.78, 5) is 17.0. The molecule has 9 heteroatoms. The summed E-state index contributed by atoms with van der Waals surface area (Å²) >= 11 is 1.40. The normalized spacial score (nSPS) is 11.0. The van der Waals surface area contributed by atoms with Crippen LogP contribution in [0.15, 0.2) is 53.9 Å². The van der Waals surface area contributed by atoms with Gasteiger partial charge in [-0.1, -0.05) is 23.9 Å². The smallest absolute Gasteiger partial charge is 0.234 e. The quantitative estimate of drug-likeness (QED) is 0.465. The number of tetrazole rings is 1. The van der Waals surface area contributed by atoms with E-state index in [1.54, 1.807) is 10.9 Å². The van der Waals surface area contributed by atoms with Crippen LogP contribution in [0.5, 0.6) is 0 Å². The zero-order valence-electron chi connectivity index (χ0n) is 17.8. The van der Waals surface area contributed by atoms with E-state index in [0.717, 1.165) is 22.1 Å². The molecule has 0 radical (unpaired) electrons. The second-order valence-electron chi connectivity index (χ2n) is 7.40. The predicted octanol–water partition coefficient (Wildman–Crippen LogP) is 3.81. The number of aryl methyl sites for hydroxylation is 4. The lowest BCUT2D eigenvalue weighted by atomic mass is 10.1. The van der Waals surface area contributed by atoms with Gasteiger partial charge in [-0.25, -0.2) is 4.98 Å². The molecule has 1 N–H and O–H groups in total. The second kappa shape index (κ2) is 8.73. The lowest BCUT2D eigenvalue weighted by Gasteiger charge is -2.11. The highest BCUT2D eigenvalue weighted by Gasteiger charge is 2.12. The van der Waals surface area contributed by atoms with Crippen molar-refractivity contribution in [2.75, 3.05) is 11.1 Å². The number of carbonyl (C=O) groups is 1. The van der Waals surface area contributed by atoms with Crippen LogP contribution in [0.25, 0.3) is 11.4 Å². The third-order valence-electron chi connectivity index (χ3n) is 4.77. The molecular formula is C22H23N7OS. The third-order valence-corrected chi connectivity index (χ3v) is 5.74. The molecule has 31 heavy (non-hydrogen) atoms. The summed E-state index contributed by atoms with van der Waals surface area (Å²) in [5.74, 6) is 0.818. The van der Waals surface area contributed by atoms with Gasteiger partial charge in [0.15, 0.2) is 11.0 Å². The number of imidazole rings is 1. The van der Waals surface area contributed by atoms with Crippen molar-refractivity contribution in [2.24, 2.45) is 0 Å². The largest absolute Gasteiger partial charge is 0.325 e. The number of rotatable bonds is 6. The van der Waals surface area contributed by atoms with Crippen molar-refractivity contribution in [3.8, 4) is 11.4 Å². The number of nitrogens with one attached hydrogen (secondary N) is 1. The van der Waals surface area contributed by atoms with Crippen LogP contribution in [-0.2, 0) is 4.79 Å². The standard InChI is InChI=1S/C22H23N7OS/c1-14-9-15(2)11-19(10-14)28-8-7-23-22(28)31-13-21(30)24-18-6-5-16(3)20(12-18)29-17(4)25-26-27-29/h5-12H,13H2,1-4H3,(H,24,30). The lowest BCUT2D eigenvalue weighted by molar-refractivity contribution is -0.113. The second-order valence-corrected chi connectivity index (χ2v) is 8.34. The van der Waals surface area contributed by atoms with Crippen molar-refractivity contribution >= 4 is 23.4 Å². The van der Waals surface area contributed by atoms with Crippen molar-refractivity contribution in [3.63, 3.8) is 0 Å². The van der Waals surface area contributed by atoms with E-state index in [0.29, 0.717) is 11.5 Å². The van der Waals surface area contributed by atoms with E-state index in [1.165, 1.54) is 22.9 Å². The number of benzene rings is 2. The molecule has 0 saturated carbocycles. The molecular weight excluding hydrogens is 410 g/mol. The highest BCUT2D eigenvalue weighted by Crippen LogP contribution is 2.23. The van der Waals surface area contributed by atoms with Gasteiger partial charge in [-0.2, -0.15) is 4.68 Å². The van der Waals surface area contributed by atoms with Gasteiger partial charge in [-0.15, -0.1) is 5.10 Å². The average molecular weight is 434 g/mol. The van der Waals surface area contributed by atoms with Gasteiger partial charge in [0.25, 0.3) is 0 Å². The highest BCUT2D eigenvalue weighted by atomic mass is 32.2. The van der Waals surface area contributed by atoms with Gasteiger partial charge in [-0.05, 0) is 79.1 Å². The minimum Gasteiger partial charge on any atom is -0.325 e. The molecule has 2 aromatic carbocycles. The molecule has 0 spiro atoms. The number of thioether (sulfide) groups is 1. The molecule has 1 amide bonds. The van der Waals surface area contributed by atoms with Gasteiger partial charge in [-0.3, -0.25) is 9.36 Å². The van der Waals surface area contributed by atoms with Crippen molar-refractivity contribution in [1.82, 2.24) is 29.8 Å². The van der Waals surface area contributed by atoms with Crippen LogP contribution in [0, 0.1) is 27.7 Å². The average Bonchev–Trinajstić information content (AvgIpc) is 3.36. The van der Waals surface area contributed by atoms with Crippen LogP contribution in [0.3, 0.4) is 0 Å². The van der Waals surface area contributed by atoms with Crippen LogP contribution in [0.4, 0.5) is 5.69 Å². The Kier molecular flexibility index (Phi) is 5.85. The van der Waals surface area contributed by atoms with Crippen LogP contribution >= 0.6 is 11.8 Å². The molecule has 2 aromatic heterocycles. The molecule has 2 heterocycles. The Balaban J connectivity index is 1.45. The predicted molar refractivity (Wildman–Crippen MR) is 121 cm³/mol. The van der Waals surface area contributed by atoms with E-state index in [1.807, 2.05) is 42.8 Å². The third kappa shape index (κ3) is 4.66. The molecule has 0 atom stereocenters. The van der Waals surface area contributed by atoms with Gasteiger partial charge in [0.1, 0.15) is 0 Å². The Morgan fingerprint density at radius 2 is 1.84 bits per heavy atom. The van der Waals surface area contributed by atoms with E-state index < -0.39 is 0 Å². The van der Waals surface area contributed by atoms with E-state index in [2.05, 4.69) is 57.9 Å². The number of amides is 1. The van der Waals surface area contributed by atoms with Crippen molar-refractivity contribution in [1.29, 1.82) is 0 Å². The number of anilines is 1. The fourth-order valence-electron chi connectivity index (χ4n) is 3.38. The van der Waals surface area contributed by atoms with E-state index in [9.17, 15) is 4.79 Å². The molecule has 0 aliphatic heterocycles. The summed E-state index contributed by atoms with van der Waals surface area (Å²) < 4.78 is 3.66. The zero-order valence-corrected chi connectivity index (χ0v) is 18.6. The Bertz CT molecular complexity index is 1220. The maximum absolute atomic E-state index is 12.6. The van der Waals surface area contributed by atoms with Gasteiger partial charge in [0.05, 0.1) is 11.4 Å². The number of hydrogen-bond donors (Lipinski definition) is 1. The Morgan fingerprint density at radius 3 is 2.55 bits per heavy atom. The number of carbonyl (C=O) groups excluding carboxylic acids is 1. The molecule has 0 bridgehead atoms. The van der Waals surface area contributed by atoms with Gasteiger partial charge >= 0.3 is 0 Å². The minimum atomic E-state index is -0.108. The Hall–Kier alpha value is -3.46. The van der Waals surface area contributed by atoms with E-state index >= 15 is 0 Å². The van der Waals surface area contributed by atoms with Crippen molar-refractivity contribution < 1.29 is 4.79 Å². The van der Waals surface area contributed by atoms with Crippen LogP contribution < -0.4 is 5.32 Å². The minimum absolute atomic E-state index is 0.108.